The minimum absolute atomic E-state index is 0.0734. The first-order valence-corrected chi connectivity index (χ1v) is 8.72. The van der Waals surface area contributed by atoms with Crippen LogP contribution in [0, 0.1) is 25.7 Å². The second-order valence-corrected chi connectivity index (χ2v) is 6.99. The summed E-state index contributed by atoms with van der Waals surface area (Å²) in [6.45, 7) is 4.34. The topological polar surface area (TPSA) is 58.2 Å². The Morgan fingerprint density at radius 3 is 2.44 bits per heavy atom. The Kier molecular flexibility index (Phi) is 5.09. The van der Waals surface area contributed by atoms with E-state index in [1.165, 1.54) is 0 Å². The summed E-state index contributed by atoms with van der Waals surface area (Å²) in [5.41, 5.74) is 3.64. The molecule has 0 radical (unpaired) electrons. The van der Waals surface area contributed by atoms with Gasteiger partial charge in [-0.1, -0.05) is 48.0 Å². The van der Waals surface area contributed by atoms with Gasteiger partial charge in [0.15, 0.2) is 0 Å². The highest BCUT2D eigenvalue weighted by Gasteiger charge is 2.48. The lowest BCUT2D eigenvalue weighted by Gasteiger charge is -2.11. The highest BCUT2D eigenvalue weighted by Crippen LogP contribution is 2.40. The van der Waals surface area contributed by atoms with Crippen LogP contribution in [0.4, 0.5) is 5.69 Å². The van der Waals surface area contributed by atoms with E-state index in [0.717, 1.165) is 16.7 Å². The van der Waals surface area contributed by atoms with Crippen molar-refractivity contribution in [3.63, 3.8) is 0 Å². The van der Waals surface area contributed by atoms with Crippen LogP contribution in [0.5, 0.6) is 0 Å². The fourth-order valence-corrected chi connectivity index (χ4v) is 3.35. The lowest BCUT2D eigenvalue weighted by atomic mass is 10.1. The van der Waals surface area contributed by atoms with E-state index in [9.17, 15) is 9.59 Å². The zero-order chi connectivity index (χ0) is 18.0. The van der Waals surface area contributed by atoms with Crippen molar-refractivity contribution in [1.29, 1.82) is 0 Å². The van der Waals surface area contributed by atoms with E-state index in [0.29, 0.717) is 23.7 Å². The number of hydrogen-bond donors (Lipinski definition) is 2. The van der Waals surface area contributed by atoms with Gasteiger partial charge < -0.3 is 10.6 Å². The molecule has 2 aromatic carbocycles. The summed E-state index contributed by atoms with van der Waals surface area (Å²) in [5, 5.41) is 6.29. The van der Waals surface area contributed by atoms with Crippen molar-refractivity contribution in [3.05, 3.63) is 64.2 Å². The Hall–Kier alpha value is -2.33. The second-order valence-electron chi connectivity index (χ2n) is 6.58. The van der Waals surface area contributed by atoms with Crippen LogP contribution in [0.15, 0.2) is 42.5 Å². The molecule has 0 aromatic heterocycles. The van der Waals surface area contributed by atoms with E-state index in [2.05, 4.69) is 10.6 Å². The van der Waals surface area contributed by atoms with E-state index in [4.69, 9.17) is 11.6 Å². The zero-order valence-corrected chi connectivity index (χ0v) is 15.1. The second kappa shape index (κ2) is 7.28. The van der Waals surface area contributed by atoms with Crippen LogP contribution in [-0.4, -0.2) is 11.8 Å². The molecule has 2 N–H and O–H groups in total. The number of hydrogen-bond acceptors (Lipinski definition) is 2. The summed E-state index contributed by atoms with van der Waals surface area (Å²) in [7, 11) is 0. The maximum absolute atomic E-state index is 12.4. The van der Waals surface area contributed by atoms with Crippen LogP contribution in [0.2, 0.25) is 5.02 Å². The quantitative estimate of drug-likeness (QED) is 0.854. The lowest BCUT2D eigenvalue weighted by Crippen LogP contribution is -2.27. The molecule has 25 heavy (non-hydrogen) atoms. The van der Waals surface area contributed by atoms with Crippen molar-refractivity contribution in [1.82, 2.24) is 5.32 Å². The van der Waals surface area contributed by atoms with Gasteiger partial charge in [-0.2, -0.15) is 0 Å². The molecular weight excluding hydrogens is 336 g/mol. The minimum atomic E-state index is -0.285. The lowest BCUT2D eigenvalue weighted by molar-refractivity contribution is -0.125. The van der Waals surface area contributed by atoms with Gasteiger partial charge in [0.1, 0.15) is 0 Å². The molecule has 1 fully saturated rings. The molecule has 2 unspecified atom stereocenters. The van der Waals surface area contributed by atoms with Crippen molar-refractivity contribution in [2.45, 2.75) is 26.8 Å². The van der Waals surface area contributed by atoms with Crippen LogP contribution in [0.3, 0.4) is 0 Å². The fraction of sp³-hybridized carbons (Fsp3) is 0.300. The molecule has 0 bridgehead atoms. The van der Waals surface area contributed by atoms with Crippen LogP contribution in [0.25, 0.3) is 0 Å². The number of aryl methyl sites for hydroxylation is 2. The first kappa shape index (κ1) is 17.5. The van der Waals surface area contributed by atoms with E-state index in [1.54, 1.807) is 0 Å². The number of halogens is 1. The summed E-state index contributed by atoms with van der Waals surface area (Å²) in [5.74, 6) is -0.759. The number of carbonyl (C=O) groups is 2. The standard InChI is InChI=1S/C20H21ClN2O2/c1-12-8-13(2)18(17(21)9-12)23-20(25)16-10-15(16)19(24)22-11-14-6-4-3-5-7-14/h3-9,15-16H,10-11H2,1-2H3,(H,22,24)(H,23,25). The molecule has 5 heteroatoms. The average Bonchev–Trinajstić information content (AvgIpc) is 3.37. The zero-order valence-electron chi connectivity index (χ0n) is 14.3. The molecule has 2 aromatic rings. The Bertz CT molecular complexity index is 782. The number of anilines is 1. The Morgan fingerprint density at radius 1 is 1.08 bits per heavy atom. The smallest absolute Gasteiger partial charge is 0.228 e. The molecule has 0 aliphatic heterocycles. The van der Waals surface area contributed by atoms with Gasteiger partial charge in [-0.3, -0.25) is 9.59 Å². The average molecular weight is 357 g/mol. The third kappa shape index (κ3) is 4.20. The maximum atomic E-state index is 12.4. The monoisotopic (exact) mass is 356 g/mol. The molecule has 1 aliphatic rings. The minimum Gasteiger partial charge on any atom is -0.352 e. The summed E-state index contributed by atoms with van der Waals surface area (Å²) >= 11 is 6.23. The van der Waals surface area contributed by atoms with Gasteiger partial charge in [0.2, 0.25) is 11.8 Å². The van der Waals surface area contributed by atoms with Crippen LogP contribution in [0.1, 0.15) is 23.1 Å². The van der Waals surface area contributed by atoms with Crippen molar-refractivity contribution in [3.8, 4) is 0 Å². The maximum Gasteiger partial charge on any atom is 0.228 e. The Morgan fingerprint density at radius 2 is 1.76 bits per heavy atom. The summed E-state index contributed by atoms with van der Waals surface area (Å²) in [6, 6.07) is 13.5. The van der Waals surface area contributed by atoms with Crippen molar-refractivity contribution >= 4 is 29.1 Å². The first-order valence-electron chi connectivity index (χ1n) is 8.35. The predicted molar refractivity (Wildman–Crippen MR) is 99.4 cm³/mol. The third-order valence-corrected chi connectivity index (χ3v) is 4.75. The number of benzene rings is 2. The van der Waals surface area contributed by atoms with Crippen molar-refractivity contribution in [2.24, 2.45) is 11.8 Å². The van der Waals surface area contributed by atoms with Gasteiger partial charge >= 0.3 is 0 Å². The van der Waals surface area contributed by atoms with Crippen molar-refractivity contribution in [2.75, 3.05) is 5.32 Å². The van der Waals surface area contributed by atoms with E-state index in [1.807, 2.05) is 56.3 Å². The van der Waals surface area contributed by atoms with E-state index >= 15 is 0 Å². The van der Waals surface area contributed by atoms with Crippen molar-refractivity contribution < 1.29 is 9.59 Å². The molecule has 2 amide bonds. The molecule has 0 heterocycles. The Balaban J connectivity index is 1.54. The summed E-state index contributed by atoms with van der Waals surface area (Å²) in [6.07, 6.45) is 0.578. The van der Waals surface area contributed by atoms with E-state index in [-0.39, 0.29) is 23.7 Å². The molecule has 1 saturated carbocycles. The Labute approximate surface area is 152 Å². The number of rotatable bonds is 5. The van der Waals surface area contributed by atoms with Crippen LogP contribution < -0.4 is 10.6 Å². The third-order valence-electron chi connectivity index (χ3n) is 4.45. The first-order chi connectivity index (χ1) is 12.0. The molecule has 0 saturated heterocycles. The normalized spacial score (nSPS) is 18.5. The van der Waals surface area contributed by atoms with Crippen LogP contribution in [-0.2, 0) is 16.1 Å². The molecule has 0 spiro atoms. The SMILES string of the molecule is Cc1cc(C)c(NC(=O)C2CC2C(=O)NCc2ccccc2)c(Cl)c1. The molecule has 2 atom stereocenters. The van der Waals surface area contributed by atoms with E-state index < -0.39 is 0 Å². The molecule has 1 aliphatic carbocycles. The fourth-order valence-electron chi connectivity index (χ4n) is 2.98. The summed E-state index contributed by atoms with van der Waals surface area (Å²) in [4.78, 5) is 24.6. The van der Waals surface area contributed by atoms with Gasteiger partial charge in [0.25, 0.3) is 0 Å². The number of nitrogens with one attached hydrogen (secondary N) is 2. The molecule has 4 nitrogen and oxygen atoms in total. The molecular formula is C20H21ClN2O2. The predicted octanol–water partition coefficient (Wildman–Crippen LogP) is 3.85. The van der Waals surface area contributed by atoms with Gasteiger partial charge in [-0.15, -0.1) is 0 Å². The van der Waals surface area contributed by atoms with Gasteiger partial charge in [0.05, 0.1) is 22.5 Å². The number of carbonyl (C=O) groups excluding carboxylic acids is 2. The van der Waals surface area contributed by atoms with Gasteiger partial charge in [-0.25, -0.2) is 0 Å². The van der Waals surface area contributed by atoms with Gasteiger partial charge in [-0.05, 0) is 43.0 Å². The molecule has 130 valence electrons. The summed E-state index contributed by atoms with van der Waals surface area (Å²) < 4.78 is 0. The number of amides is 2. The molecule has 3 rings (SSSR count). The van der Waals surface area contributed by atoms with Gasteiger partial charge in [0, 0.05) is 6.54 Å². The largest absolute Gasteiger partial charge is 0.352 e. The highest BCUT2D eigenvalue weighted by atomic mass is 35.5. The highest BCUT2D eigenvalue weighted by molar-refractivity contribution is 6.34. The van der Waals surface area contributed by atoms with Crippen LogP contribution >= 0.6 is 11.6 Å².